The van der Waals surface area contributed by atoms with Crippen LogP contribution in [0.2, 0.25) is 5.02 Å². The Balaban J connectivity index is 1.64. The van der Waals surface area contributed by atoms with Crippen molar-refractivity contribution in [2.75, 3.05) is 11.1 Å². The number of ketones is 1. The summed E-state index contributed by atoms with van der Waals surface area (Å²) in [7, 11) is 0. The van der Waals surface area contributed by atoms with E-state index in [1.165, 1.54) is 6.07 Å². The van der Waals surface area contributed by atoms with E-state index in [-0.39, 0.29) is 28.6 Å². The summed E-state index contributed by atoms with van der Waals surface area (Å²) in [5.41, 5.74) is 2.16. The number of amides is 1. The Morgan fingerprint density at radius 3 is 2.72 bits per heavy atom. The molecule has 5 nitrogen and oxygen atoms in total. The van der Waals surface area contributed by atoms with Gasteiger partial charge in [-0.3, -0.25) is 9.59 Å². The van der Waals surface area contributed by atoms with E-state index in [2.05, 4.69) is 16.7 Å². The normalized spacial score (nSPS) is 18.0. The maximum Gasteiger partial charge on any atom is 0.234 e. The first-order valence-electron chi connectivity index (χ1n) is 10.1. The summed E-state index contributed by atoms with van der Waals surface area (Å²) in [6.07, 6.45) is 1.68. The fourth-order valence-electron chi connectivity index (χ4n) is 3.94. The number of dihydropyridines is 1. The molecule has 1 aliphatic heterocycles. The van der Waals surface area contributed by atoms with Gasteiger partial charge in [0.15, 0.2) is 5.78 Å². The van der Waals surface area contributed by atoms with Crippen molar-refractivity contribution >= 4 is 40.7 Å². The molecule has 1 unspecified atom stereocenters. The van der Waals surface area contributed by atoms with Crippen molar-refractivity contribution < 1.29 is 14.0 Å². The molecule has 1 amide bonds. The van der Waals surface area contributed by atoms with E-state index in [0.717, 1.165) is 11.8 Å². The smallest absolute Gasteiger partial charge is 0.234 e. The standard InChI is InChI=1S/C24H19ClFN3O2S/c25-16-7-2-4-9-18(16)28-21(31)13-32-24-15(12-27)22(14-6-1-3-8-17(14)26)23-19(29-24)10-5-11-20(23)30/h1-4,6-9,22,29H,5,10-11,13H2,(H,28,31). The number of hydrogen-bond donors (Lipinski definition) is 2. The van der Waals surface area contributed by atoms with E-state index >= 15 is 0 Å². The van der Waals surface area contributed by atoms with Crippen molar-refractivity contribution in [1.29, 1.82) is 5.26 Å². The molecule has 1 aliphatic carbocycles. The Morgan fingerprint density at radius 2 is 1.97 bits per heavy atom. The number of allylic oxidation sites excluding steroid dienone is 3. The van der Waals surface area contributed by atoms with Crippen molar-refractivity contribution in [1.82, 2.24) is 5.32 Å². The summed E-state index contributed by atoms with van der Waals surface area (Å²) in [5, 5.41) is 16.8. The first-order valence-corrected chi connectivity index (χ1v) is 11.4. The number of rotatable bonds is 5. The van der Waals surface area contributed by atoms with Gasteiger partial charge in [0.25, 0.3) is 0 Å². The lowest BCUT2D eigenvalue weighted by Crippen LogP contribution is -2.32. The topological polar surface area (TPSA) is 82.0 Å². The quantitative estimate of drug-likeness (QED) is 0.625. The molecule has 1 atom stereocenters. The van der Waals surface area contributed by atoms with Crippen LogP contribution in [-0.4, -0.2) is 17.4 Å². The largest absolute Gasteiger partial charge is 0.352 e. The van der Waals surface area contributed by atoms with Gasteiger partial charge in [0, 0.05) is 23.3 Å². The van der Waals surface area contributed by atoms with Gasteiger partial charge in [-0.25, -0.2) is 4.39 Å². The average molecular weight is 468 g/mol. The SMILES string of the molecule is N#CC1=C(SCC(=O)Nc2ccccc2Cl)NC2=C(C(=O)CCC2)C1c1ccccc1F. The highest BCUT2D eigenvalue weighted by Gasteiger charge is 2.38. The Kier molecular flexibility index (Phi) is 6.63. The molecule has 1 heterocycles. The third-order valence-electron chi connectivity index (χ3n) is 5.37. The summed E-state index contributed by atoms with van der Waals surface area (Å²) in [6, 6.07) is 15.2. The van der Waals surface area contributed by atoms with Crippen LogP contribution in [0.25, 0.3) is 0 Å². The molecule has 2 aromatic carbocycles. The Hall–Kier alpha value is -3.08. The minimum absolute atomic E-state index is 0.0132. The third kappa shape index (κ3) is 4.43. The maximum atomic E-state index is 14.7. The number of anilines is 1. The van der Waals surface area contributed by atoms with Crippen molar-refractivity contribution in [2.24, 2.45) is 0 Å². The van der Waals surface area contributed by atoms with Crippen LogP contribution < -0.4 is 10.6 Å². The molecule has 0 fully saturated rings. The zero-order valence-electron chi connectivity index (χ0n) is 17.0. The van der Waals surface area contributed by atoms with Crippen molar-refractivity contribution in [3.63, 3.8) is 0 Å². The van der Waals surface area contributed by atoms with Crippen LogP contribution in [0.3, 0.4) is 0 Å². The molecule has 8 heteroatoms. The van der Waals surface area contributed by atoms with Gasteiger partial charge in [-0.15, -0.1) is 0 Å². The van der Waals surface area contributed by atoms with Crippen LogP contribution in [0.1, 0.15) is 30.7 Å². The van der Waals surface area contributed by atoms with E-state index in [1.807, 2.05) is 0 Å². The fourth-order valence-corrected chi connectivity index (χ4v) is 4.99. The Morgan fingerprint density at radius 1 is 1.22 bits per heavy atom. The van der Waals surface area contributed by atoms with Gasteiger partial charge >= 0.3 is 0 Å². The number of carbonyl (C=O) groups excluding carboxylic acids is 2. The molecule has 2 aliphatic rings. The summed E-state index contributed by atoms with van der Waals surface area (Å²) in [4.78, 5) is 25.2. The number of benzene rings is 2. The summed E-state index contributed by atoms with van der Waals surface area (Å²) in [6.45, 7) is 0. The van der Waals surface area contributed by atoms with Crippen molar-refractivity contribution in [3.8, 4) is 6.07 Å². The molecule has 0 saturated heterocycles. The molecule has 2 N–H and O–H groups in total. The lowest BCUT2D eigenvalue weighted by Gasteiger charge is -2.33. The van der Waals surface area contributed by atoms with Gasteiger partial charge in [-0.1, -0.05) is 53.7 Å². The van der Waals surface area contributed by atoms with E-state index in [4.69, 9.17) is 11.6 Å². The van der Waals surface area contributed by atoms with Crippen LogP contribution in [0, 0.1) is 17.1 Å². The number of halogens is 2. The molecule has 0 aromatic heterocycles. The van der Waals surface area contributed by atoms with E-state index in [1.54, 1.807) is 42.5 Å². The molecule has 32 heavy (non-hydrogen) atoms. The van der Waals surface area contributed by atoms with Crippen LogP contribution in [0.4, 0.5) is 10.1 Å². The Labute approximate surface area is 194 Å². The number of carbonyl (C=O) groups is 2. The molecule has 0 saturated carbocycles. The highest BCUT2D eigenvalue weighted by molar-refractivity contribution is 8.03. The third-order valence-corrected chi connectivity index (χ3v) is 6.72. The second-order valence-corrected chi connectivity index (χ2v) is 8.81. The zero-order chi connectivity index (χ0) is 22.7. The summed E-state index contributed by atoms with van der Waals surface area (Å²) in [5.74, 6) is -1.63. The van der Waals surface area contributed by atoms with Gasteiger partial charge in [0.1, 0.15) is 5.82 Å². The van der Waals surface area contributed by atoms with Crippen LogP contribution in [-0.2, 0) is 9.59 Å². The molecular formula is C24H19ClFN3O2S. The lowest BCUT2D eigenvalue weighted by atomic mass is 9.76. The van der Waals surface area contributed by atoms with E-state index < -0.39 is 11.7 Å². The lowest BCUT2D eigenvalue weighted by molar-refractivity contribution is -0.116. The van der Waals surface area contributed by atoms with Crippen LogP contribution in [0.5, 0.6) is 0 Å². The van der Waals surface area contributed by atoms with Crippen molar-refractivity contribution in [3.05, 3.63) is 86.8 Å². The van der Waals surface area contributed by atoms with Gasteiger partial charge in [0.2, 0.25) is 5.91 Å². The van der Waals surface area contributed by atoms with Crippen LogP contribution >= 0.6 is 23.4 Å². The highest BCUT2D eigenvalue weighted by atomic mass is 35.5. The molecule has 0 bridgehead atoms. The highest BCUT2D eigenvalue weighted by Crippen LogP contribution is 2.44. The zero-order valence-corrected chi connectivity index (χ0v) is 18.5. The van der Waals surface area contributed by atoms with Crippen LogP contribution in [0.15, 0.2) is 70.4 Å². The fraction of sp³-hybridized carbons (Fsp3) is 0.208. The second kappa shape index (κ2) is 9.60. The predicted octanol–water partition coefficient (Wildman–Crippen LogP) is 5.28. The number of thioether (sulfide) groups is 1. The van der Waals surface area contributed by atoms with Gasteiger partial charge in [-0.05, 0) is 31.0 Å². The van der Waals surface area contributed by atoms with Gasteiger partial charge < -0.3 is 10.6 Å². The number of hydrogen-bond acceptors (Lipinski definition) is 5. The average Bonchev–Trinajstić information content (AvgIpc) is 2.79. The number of nitrogens with one attached hydrogen (secondary N) is 2. The number of nitriles is 1. The predicted molar refractivity (Wildman–Crippen MR) is 123 cm³/mol. The summed E-state index contributed by atoms with van der Waals surface area (Å²) < 4.78 is 14.7. The Bertz CT molecular complexity index is 1200. The molecule has 4 rings (SSSR count). The van der Waals surface area contributed by atoms with Crippen molar-refractivity contribution in [2.45, 2.75) is 25.2 Å². The number of nitrogens with zero attached hydrogens (tertiary/aromatic N) is 1. The van der Waals surface area contributed by atoms with Gasteiger partial charge in [-0.2, -0.15) is 5.26 Å². The molecule has 2 aromatic rings. The first-order chi connectivity index (χ1) is 15.5. The summed E-state index contributed by atoms with van der Waals surface area (Å²) >= 11 is 7.24. The minimum Gasteiger partial charge on any atom is -0.352 e. The number of Topliss-reactive ketones (excluding diaryl/α,β-unsaturated/α-hetero) is 1. The van der Waals surface area contributed by atoms with Gasteiger partial charge in [0.05, 0.1) is 39.1 Å². The minimum atomic E-state index is -0.792. The molecule has 0 radical (unpaired) electrons. The second-order valence-electron chi connectivity index (χ2n) is 7.42. The molecule has 162 valence electrons. The van der Waals surface area contributed by atoms with E-state index in [9.17, 15) is 19.2 Å². The maximum absolute atomic E-state index is 14.7. The number of para-hydroxylation sites is 1. The monoisotopic (exact) mass is 467 g/mol. The van der Waals surface area contributed by atoms with E-state index in [0.29, 0.717) is 46.3 Å². The molecular weight excluding hydrogens is 449 g/mol. The first kappa shape index (κ1) is 22.1. The molecule has 0 spiro atoms.